The Kier molecular flexibility index (Phi) is 6.27. The van der Waals surface area contributed by atoms with E-state index in [2.05, 4.69) is 181 Å². The summed E-state index contributed by atoms with van der Waals surface area (Å²) in [4.78, 5) is 9.78. The Morgan fingerprint density at radius 3 is 1.85 bits per heavy atom. The van der Waals surface area contributed by atoms with Gasteiger partial charge in [0.25, 0.3) is 0 Å². The Bertz CT molecular complexity index is 3070. The van der Waals surface area contributed by atoms with E-state index in [0.717, 1.165) is 39.0 Å². The predicted octanol–water partition coefficient (Wildman–Crippen LogP) is 12.3. The summed E-state index contributed by atoms with van der Waals surface area (Å²) >= 11 is 0. The highest BCUT2D eigenvalue weighted by atomic mass is 15.1. The maximum Gasteiger partial charge on any atom is 0.164 e. The lowest BCUT2D eigenvalue weighted by Crippen LogP contribution is -2.15. The van der Waals surface area contributed by atoms with E-state index in [4.69, 9.17) is 9.97 Å². The van der Waals surface area contributed by atoms with Crippen molar-refractivity contribution in [1.82, 2.24) is 19.1 Å². The zero-order valence-corrected chi connectivity index (χ0v) is 29.5. The first-order valence-electron chi connectivity index (χ1n) is 18.2. The minimum atomic E-state index is -0.0904. The van der Waals surface area contributed by atoms with Gasteiger partial charge in [-0.3, -0.25) is 9.55 Å². The van der Waals surface area contributed by atoms with Crippen LogP contribution in [0.3, 0.4) is 0 Å². The van der Waals surface area contributed by atoms with Crippen LogP contribution in [0.4, 0.5) is 0 Å². The zero-order chi connectivity index (χ0) is 35.3. The Morgan fingerprint density at radius 1 is 0.415 bits per heavy atom. The fraction of sp³-hybridized carbons (Fsp3) is 0.0612. The molecule has 1 aliphatic carbocycles. The van der Waals surface area contributed by atoms with E-state index in [0.29, 0.717) is 0 Å². The first-order valence-corrected chi connectivity index (χ1v) is 18.2. The van der Waals surface area contributed by atoms with Crippen LogP contribution in [-0.2, 0) is 5.41 Å². The molecule has 1 aliphatic rings. The number of nitrogens with zero attached hydrogens (tertiary/aromatic N) is 4. The standard InChI is InChI=1S/C49H34N4/c1-49(2)42-14-8-6-12-37(42)38-23-22-36(30-43(38)49)53-46-25-19-34(29-41(46)47-48(53)51-27-26-50-47)33-18-24-45-40(28-33)39-13-7-9-15-44(39)52(45)35-20-16-32(17-21-35)31-10-4-3-5-11-31/h3-30H,1-2H3. The van der Waals surface area contributed by atoms with Gasteiger partial charge < -0.3 is 4.57 Å². The second kappa shape index (κ2) is 11.1. The van der Waals surface area contributed by atoms with Crippen molar-refractivity contribution in [3.63, 3.8) is 0 Å². The minimum Gasteiger partial charge on any atom is -0.309 e. The Morgan fingerprint density at radius 2 is 1.02 bits per heavy atom. The zero-order valence-electron chi connectivity index (χ0n) is 29.5. The molecule has 3 heterocycles. The van der Waals surface area contributed by atoms with E-state index in [9.17, 15) is 0 Å². The molecule has 0 radical (unpaired) electrons. The van der Waals surface area contributed by atoms with Crippen LogP contribution in [0.1, 0.15) is 25.0 Å². The van der Waals surface area contributed by atoms with Gasteiger partial charge in [-0.05, 0) is 99.1 Å². The molecule has 4 heteroatoms. The molecule has 0 bridgehead atoms. The van der Waals surface area contributed by atoms with Crippen LogP contribution in [0.5, 0.6) is 0 Å². The fourth-order valence-corrected chi connectivity index (χ4v) is 8.86. The quantitative estimate of drug-likeness (QED) is 0.186. The average Bonchev–Trinajstić information content (AvgIpc) is 3.81. The topological polar surface area (TPSA) is 35.6 Å². The smallest absolute Gasteiger partial charge is 0.164 e. The summed E-state index contributed by atoms with van der Waals surface area (Å²) in [5, 5.41) is 3.56. The highest BCUT2D eigenvalue weighted by molar-refractivity contribution is 6.11. The molecule has 0 saturated carbocycles. The molecule has 7 aromatic carbocycles. The van der Waals surface area contributed by atoms with E-state index in [1.165, 1.54) is 60.8 Å². The minimum absolute atomic E-state index is 0.0904. The largest absolute Gasteiger partial charge is 0.309 e. The van der Waals surface area contributed by atoms with Crippen molar-refractivity contribution in [2.45, 2.75) is 19.3 Å². The molecule has 0 N–H and O–H groups in total. The summed E-state index contributed by atoms with van der Waals surface area (Å²) in [5.41, 5.74) is 17.5. The second-order valence-corrected chi connectivity index (χ2v) is 14.7. The lowest BCUT2D eigenvalue weighted by Gasteiger charge is -2.22. The number of aromatic nitrogens is 4. The lowest BCUT2D eigenvalue weighted by atomic mass is 9.82. The molecule has 4 nitrogen and oxygen atoms in total. The molecule has 53 heavy (non-hydrogen) atoms. The number of hydrogen-bond donors (Lipinski definition) is 0. The van der Waals surface area contributed by atoms with E-state index < -0.39 is 0 Å². The van der Waals surface area contributed by atoms with Gasteiger partial charge in [0.15, 0.2) is 5.65 Å². The summed E-state index contributed by atoms with van der Waals surface area (Å²) in [6.07, 6.45) is 3.60. The van der Waals surface area contributed by atoms with Gasteiger partial charge in [-0.2, -0.15) is 0 Å². The summed E-state index contributed by atoms with van der Waals surface area (Å²) < 4.78 is 4.66. The van der Waals surface area contributed by atoms with Crippen LogP contribution in [0.25, 0.3) is 88.6 Å². The van der Waals surface area contributed by atoms with Crippen LogP contribution in [-0.4, -0.2) is 19.1 Å². The Balaban J connectivity index is 1.04. The van der Waals surface area contributed by atoms with Crippen molar-refractivity contribution in [1.29, 1.82) is 0 Å². The number of fused-ring (bicyclic) bond motifs is 9. The molecule has 0 fully saturated rings. The van der Waals surface area contributed by atoms with Crippen molar-refractivity contribution >= 4 is 43.9 Å². The number of para-hydroxylation sites is 1. The normalized spacial score (nSPS) is 13.2. The van der Waals surface area contributed by atoms with Gasteiger partial charge in [0, 0.05) is 45.3 Å². The van der Waals surface area contributed by atoms with Crippen LogP contribution in [0.2, 0.25) is 0 Å². The second-order valence-electron chi connectivity index (χ2n) is 14.7. The van der Waals surface area contributed by atoms with E-state index in [1.54, 1.807) is 12.4 Å². The van der Waals surface area contributed by atoms with Gasteiger partial charge in [-0.15, -0.1) is 0 Å². The molecule has 0 amide bonds. The summed E-state index contributed by atoms with van der Waals surface area (Å²) in [5.74, 6) is 0. The maximum absolute atomic E-state index is 4.89. The Labute approximate surface area is 307 Å². The van der Waals surface area contributed by atoms with E-state index in [-0.39, 0.29) is 5.41 Å². The van der Waals surface area contributed by atoms with Gasteiger partial charge in [0.05, 0.1) is 16.6 Å². The first kappa shape index (κ1) is 29.9. The maximum atomic E-state index is 4.89. The third kappa shape index (κ3) is 4.36. The summed E-state index contributed by atoms with van der Waals surface area (Å²) in [6.45, 7) is 4.66. The molecular weight excluding hydrogens is 645 g/mol. The number of benzene rings is 7. The van der Waals surface area contributed by atoms with E-state index >= 15 is 0 Å². The van der Waals surface area contributed by atoms with E-state index in [1.807, 2.05) is 0 Å². The predicted molar refractivity (Wildman–Crippen MR) is 219 cm³/mol. The SMILES string of the molecule is CC1(C)c2ccccc2-c2ccc(-n3c4ccc(-c5ccc6c(c5)c5ccccc5n6-c5ccc(-c6ccccc6)cc5)cc4c4nccnc43)cc21. The molecule has 0 aliphatic heterocycles. The van der Waals surface area contributed by atoms with Gasteiger partial charge in [0.1, 0.15) is 5.52 Å². The van der Waals surface area contributed by atoms with Gasteiger partial charge >= 0.3 is 0 Å². The van der Waals surface area contributed by atoms with Crippen LogP contribution < -0.4 is 0 Å². The molecule has 11 rings (SSSR count). The molecule has 3 aromatic heterocycles. The molecule has 0 atom stereocenters. The van der Waals surface area contributed by atoms with Gasteiger partial charge in [-0.1, -0.05) is 117 Å². The van der Waals surface area contributed by atoms with Crippen molar-refractivity contribution < 1.29 is 0 Å². The van der Waals surface area contributed by atoms with Crippen molar-refractivity contribution in [3.8, 4) is 44.8 Å². The molecule has 0 unspecified atom stereocenters. The monoisotopic (exact) mass is 678 g/mol. The number of hydrogen-bond acceptors (Lipinski definition) is 2. The lowest BCUT2D eigenvalue weighted by molar-refractivity contribution is 0.660. The first-order chi connectivity index (χ1) is 26.0. The third-order valence-corrected chi connectivity index (χ3v) is 11.4. The molecule has 250 valence electrons. The van der Waals surface area contributed by atoms with Crippen LogP contribution >= 0.6 is 0 Å². The van der Waals surface area contributed by atoms with Gasteiger partial charge in [0.2, 0.25) is 0 Å². The summed E-state index contributed by atoms with van der Waals surface area (Å²) in [6, 6.07) is 57.5. The Hall–Kier alpha value is -6.78. The highest BCUT2D eigenvalue weighted by Crippen LogP contribution is 2.49. The average molecular weight is 679 g/mol. The van der Waals surface area contributed by atoms with Crippen LogP contribution in [0, 0.1) is 0 Å². The van der Waals surface area contributed by atoms with Crippen LogP contribution in [0.15, 0.2) is 170 Å². The van der Waals surface area contributed by atoms with Crippen molar-refractivity contribution in [3.05, 3.63) is 181 Å². The highest BCUT2D eigenvalue weighted by Gasteiger charge is 2.35. The van der Waals surface area contributed by atoms with Gasteiger partial charge in [-0.25, -0.2) is 4.98 Å². The molecule has 0 spiro atoms. The third-order valence-electron chi connectivity index (χ3n) is 11.4. The molecule has 10 aromatic rings. The fourth-order valence-electron chi connectivity index (χ4n) is 8.86. The number of rotatable bonds is 4. The molecular formula is C49H34N4. The van der Waals surface area contributed by atoms with Crippen molar-refractivity contribution in [2.75, 3.05) is 0 Å². The van der Waals surface area contributed by atoms with Crippen molar-refractivity contribution in [2.24, 2.45) is 0 Å². The molecule has 0 saturated heterocycles. The summed E-state index contributed by atoms with van der Waals surface area (Å²) in [7, 11) is 0.